The highest BCUT2D eigenvalue weighted by Crippen LogP contribution is 2.25. The molecule has 0 radical (unpaired) electrons. The van der Waals surface area contributed by atoms with E-state index in [1.807, 2.05) is 0 Å². The van der Waals surface area contributed by atoms with E-state index in [2.05, 4.69) is 12.2 Å². The first-order valence-electron chi connectivity index (χ1n) is 8.00. The van der Waals surface area contributed by atoms with Gasteiger partial charge in [0, 0.05) is 11.4 Å². The molecule has 1 aromatic heterocycles. The zero-order valence-electron chi connectivity index (χ0n) is 13.4. The van der Waals surface area contributed by atoms with Crippen molar-refractivity contribution >= 4 is 16.9 Å². The van der Waals surface area contributed by atoms with Gasteiger partial charge in [-0.1, -0.05) is 19.1 Å². The lowest BCUT2D eigenvalue weighted by atomic mass is 9.87. The van der Waals surface area contributed by atoms with Crippen molar-refractivity contribution < 1.29 is 13.9 Å². The molecule has 5 nitrogen and oxygen atoms in total. The molecule has 23 heavy (non-hydrogen) atoms. The number of carbonyl (C=O) groups is 1. The van der Waals surface area contributed by atoms with Gasteiger partial charge >= 0.3 is 5.63 Å². The molecule has 2 aromatic rings. The van der Waals surface area contributed by atoms with E-state index in [0.29, 0.717) is 22.6 Å². The van der Waals surface area contributed by atoms with Gasteiger partial charge < -0.3 is 14.5 Å². The molecular formula is C18H21NO4. The number of rotatable bonds is 3. The molecule has 1 aliphatic carbocycles. The number of fused-ring (bicyclic) bond motifs is 1. The summed E-state index contributed by atoms with van der Waals surface area (Å²) in [4.78, 5) is 24.6. The van der Waals surface area contributed by atoms with Crippen LogP contribution in [-0.4, -0.2) is 19.1 Å². The van der Waals surface area contributed by atoms with Gasteiger partial charge in [0.25, 0.3) is 5.91 Å². The summed E-state index contributed by atoms with van der Waals surface area (Å²) in [7, 11) is 1.51. The Morgan fingerprint density at radius 2 is 2.00 bits per heavy atom. The fraction of sp³-hybridized carbons (Fsp3) is 0.444. The maximum atomic E-state index is 12.4. The number of para-hydroxylation sites is 1. The Morgan fingerprint density at radius 1 is 1.26 bits per heavy atom. The van der Waals surface area contributed by atoms with Gasteiger partial charge in [0.1, 0.15) is 5.56 Å². The SMILES string of the molecule is COc1cccc2cc(C(=O)NC3CCC(C)CC3)c(=O)oc12. The van der Waals surface area contributed by atoms with Crippen LogP contribution in [0.3, 0.4) is 0 Å². The van der Waals surface area contributed by atoms with Gasteiger partial charge in [0.05, 0.1) is 7.11 Å². The Bertz CT molecular complexity index is 772. The van der Waals surface area contributed by atoms with Crippen LogP contribution < -0.4 is 15.7 Å². The molecule has 1 N–H and O–H groups in total. The minimum atomic E-state index is -0.635. The third-order valence-electron chi connectivity index (χ3n) is 4.54. The molecule has 122 valence electrons. The first-order chi connectivity index (χ1) is 11.1. The molecule has 0 spiro atoms. The van der Waals surface area contributed by atoms with Crippen molar-refractivity contribution in [3.63, 3.8) is 0 Å². The van der Waals surface area contributed by atoms with Crippen LogP contribution in [0.2, 0.25) is 0 Å². The number of hydrogen-bond acceptors (Lipinski definition) is 4. The molecule has 1 aromatic carbocycles. The Kier molecular flexibility index (Phi) is 4.37. The molecule has 0 saturated heterocycles. The molecule has 0 bridgehead atoms. The molecule has 0 aliphatic heterocycles. The molecule has 1 amide bonds. The lowest BCUT2D eigenvalue weighted by Crippen LogP contribution is -2.39. The van der Waals surface area contributed by atoms with Crippen LogP contribution in [-0.2, 0) is 0 Å². The molecule has 0 atom stereocenters. The molecule has 0 unspecified atom stereocenters. The maximum absolute atomic E-state index is 12.4. The Morgan fingerprint density at radius 3 is 2.70 bits per heavy atom. The number of benzene rings is 1. The van der Waals surface area contributed by atoms with Crippen molar-refractivity contribution in [3.05, 3.63) is 40.2 Å². The number of carbonyl (C=O) groups excluding carboxylic acids is 1. The van der Waals surface area contributed by atoms with Gasteiger partial charge in [0.15, 0.2) is 11.3 Å². The average molecular weight is 315 g/mol. The highest BCUT2D eigenvalue weighted by atomic mass is 16.5. The minimum absolute atomic E-state index is 0.0457. The summed E-state index contributed by atoms with van der Waals surface area (Å²) in [6.45, 7) is 2.23. The normalized spacial score (nSPS) is 21.1. The van der Waals surface area contributed by atoms with Crippen LogP contribution in [0.25, 0.3) is 11.0 Å². The van der Waals surface area contributed by atoms with Gasteiger partial charge in [-0.25, -0.2) is 4.79 Å². The van der Waals surface area contributed by atoms with Crippen molar-refractivity contribution in [1.29, 1.82) is 0 Å². The molecule has 1 saturated carbocycles. The minimum Gasteiger partial charge on any atom is -0.493 e. The number of amides is 1. The summed E-state index contributed by atoms with van der Waals surface area (Å²) in [5.41, 5.74) is -0.226. The van der Waals surface area contributed by atoms with Crippen LogP contribution in [0.15, 0.2) is 33.5 Å². The maximum Gasteiger partial charge on any atom is 0.349 e. The fourth-order valence-electron chi connectivity index (χ4n) is 3.10. The van der Waals surface area contributed by atoms with Crippen LogP contribution in [0.5, 0.6) is 5.75 Å². The molecule has 1 aliphatic rings. The monoisotopic (exact) mass is 315 g/mol. The van der Waals surface area contributed by atoms with E-state index in [4.69, 9.17) is 9.15 Å². The first kappa shape index (κ1) is 15.6. The summed E-state index contributed by atoms with van der Waals surface area (Å²) in [5.74, 6) is 0.831. The fourth-order valence-corrected chi connectivity index (χ4v) is 3.10. The third kappa shape index (κ3) is 3.23. The Hall–Kier alpha value is -2.30. The lowest BCUT2D eigenvalue weighted by molar-refractivity contribution is 0.0919. The second-order valence-corrected chi connectivity index (χ2v) is 6.26. The van der Waals surface area contributed by atoms with Gasteiger partial charge in [0.2, 0.25) is 0 Å². The lowest BCUT2D eigenvalue weighted by Gasteiger charge is -2.26. The van der Waals surface area contributed by atoms with Gasteiger partial charge in [-0.3, -0.25) is 4.79 Å². The van der Waals surface area contributed by atoms with Crippen molar-refractivity contribution in [2.75, 3.05) is 7.11 Å². The van der Waals surface area contributed by atoms with E-state index < -0.39 is 5.63 Å². The van der Waals surface area contributed by atoms with Crippen LogP contribution in [0.1, 0.15) is 43.0 Å². The topological polar surface area (TPSA) is 68.5 Å². The Labute approximate surface area is 134 Å². The molecule has 3 rings (SSSR count). The van der Waals surface area contributed by atoms with E-state index in [1.54, 1.807) is 24.3 Å². The van der Waals surface area contributed by atoms with E-state index in [0.717, 1.165) is 25.7 Å². The average Bonchev–Trinajstić information content (AvgIpc) is 2.55. The second kappa shape index (κ2) is 6.44. The zero-order chi connectivity index (χ0) is 16.4. The molecule has 5 heteroatoms. The summed E-state index contributed by atoms with van der Waals surface area (Å²) in [6, 6.07) is 7.02. The molecule has 1 heterocycles. The highest BCUT2D eigenvalue weighted by molar-refractivity contribution is 5.97. The van der Waals surface area contributed by atoms with Gasteiger partial charge in [-0.05, 0) is 43.7 Å². The predicted molar refractivity (Wildman–Crippen MR) is 87.9 cm³/mol. The second-order valence-electron chi connectivity index (χ2n) is 6.26. The van der Waals surface area contributed by atoms with E-state index >= 15 is 0 Å². The van der Waals surface area contributed by atoms with Gasteiger partial charge in [-0.15, -0.1) is 0 Å². The standard InChI is InChI=1S/C18H21NO4/c1-11-6-8-13(9-7-11)19-17(20)14-10-12-4-3-5-15(22-2)16(12)23-18(14)21/h3-5,10-11,13H,6-9H2,1-2H3,(H,19,20). The summed E-state index contributed by atoms with van der Waals surface area (Å²) in [5, 5.41) is 3.63. The summed E-state index contributed by atoms with van der Waals surface area (Å²) < 4.78 is 10.5. The first-order valence-corrected chi connectivity index (χ1v) is 8.00. The zero-order valence-corrected chi connectivity index (χ0v) is 13.4. The van der Waals surface area contributed by atoms with Gasteiger partial charge in [-0.2, -0.15) is 0 Å². The number of ether oxygens (including phenoxy) is 1. The van der Waals surface area contributed by atoms with Crippen LogP contribution in [0, 0.1) is 5.92 Å². The molecular weight excluding hydrogens is 294 g/mol. The number of methoxy groups -OCH3 is 1. The smallest absolute Gasteiger partial charge is 0.349 e. The predicted octanol–water partition coefficient (Wildman–Crippen LogP) is 3.11. The van der Waals surface area contributed by atoms with Crippen LogP contribution in [0.4, 0.5) is 0 Å². The summed E-state index contributed by atoms with van der Waals surface area (Å²) >= 11 is 0. The van der Waals surface area contributed by atoms with E-state index in [1.165, 1.54) is 7.11 Å². The van der Waals surface area contributed by atoms with Crippen LogP contribution >= 0.6 is 0 Å². The molecule has 1 fully saturated rings. The third-order valence-corrected chi connectivity index (χ3v) is 4.54. The highest BCUT2D eigenvalue weighted by Gasteiger charge is 2.22. The number of nitrogens with one attached hydrogen (secondary N) is 1. The van der Waals surface area contributed by atoms with E-state index in [-0.39, 0.29) is 17.5 Å². The summed E-state index contributed by atoms with van der Waals surface area (Å²) in [6.07, 6.45) is 4.13. The van der Waals surface area contributed by atoms with Crippen molar-refractivity contribution in [2.45, 2.75) is 38.6 Å². The quantitative estimate of drug-likeness (QED) is 0.884. The van der Waals surface area contributed by atoms with E-state index in [9.17, 15) is 9.59 Å². The number of hydrogen-bond donors (Lipinski definition) is 1. The Balaban J connectivity index is 1.86. The van der Waals surface area contributed by atoms with Crippen molar-refractivity contribution in [1.82, 2.24) is 5.32 Å². The van der Waals surface area contributed by atoms with Crippen molar-refractivity contribution in [2.24, 2.45) is 5.92 Å². The van der Waals surface area contributed by atoms with Crippen molar-refractivity contribution in [3.8, 4) is 5.75 Å². The largest absolute Gasteiger partial charge is 0.493 e.